The van der Waals surface area contributed by atoms with Gasteiger partial charge in [-0.2, -0.15) is 0 Å². The third-order valence-corrected chi connectivity index (χ3v) is 18.3. The van der Waals surface area contributed by atoms with Crippen LogP contribution < -0.4 is 25.4 Å². The van der Waals surface area contributed by atoms with E-state index in [2.05, 4.69) is 61.1 Å². The van der Waals surface area contributed by atoms with Gasteiger partial charge in [0.25, 0.3) is 0 Å². The first-order valence-electron chi connectivity index (χ1n) is 34.5. The van der Waals surface area contributed by atoms with Gasteiger partial charge in [-0.15, -0.1) is 30.6 Å². The number of carbonyl (C=O) groups is 5. The monoisotopic (exact) mass is 1640 g/mol. The third kappa shape index (κ3) is 25.0. The highest BCUT2D eigenvalue weighted by Gasteiger charge is 2.33. The van der Waals surface area contributed by atoms with Crippen molar-refractivity contribution in [3.63, 3.8) is 0 Å². The highest BCUT2D eigenvalue weighted by molar-refractivity contribution is 6.63. The van der Waals surface area contributed by atoms with E-state index in [0.29, 0.717) is 115 Å². The number of aromatic nitrogens is 6. The van der Waals surface area contributed by atoms with Gasteiger partial charge in [-0.25, -0.2) is 14.5 Å². The summed E-state index contributed by atoms with van der Waals surface area (Å²) in [6, 6.07) is 21.9. The Morgan fingerprint density at radius 3 is 1.05 bits per heavy atom. The Bertz CT molecular complexity index is 4630. The van der Waals surface area contributed by atoms with E-state index in [1.165, 1.54) is 12.1 Å². The molecule has 33 heteroatoms. The molecule has 3 heterocycles. The molecule has 0 unspecified atom stereocenters. The summed E-state index contributed by atoms with van der Waals surface area (Å²) in [5.41, 5.74) is 6.41. The Morgan fingerprint density at radius 1 is 0.445 bits per heavy atom. The third-order valence-electron chi connectivity index (χ3n) is 15.8. The van der Waals surface area contributed by atoms with Crippen LogP contribution >= 0.6 is 81.2 Å². The molecule has 6 atom stereocenters. The highest BCUT2D eigenvalue weighted by atomic mass is 35.5. The van der Waals surface area contributed by atoms with Gasteiger partial charge in [-0.3, -0.25) is 24.0 Å². The van der Waals surface area contributed by atoms with Crippen LogP contribution in [-0.2, 0) is 33.4 Å². The maximum absolute atomic E-state index is 12.2. The van der Waals surface area contributed by atoms with E-state index in [0.717, 1.165) is 6.42 Å². The predicted octanol–water partition coefficient (Wildman–Crippen LogP) is 21.7. The molecule has 0 saturated heterocycles. The molecule has 580 valence electrons. The second-order valence-corrected chi connectivity index (χ2v) is 27.2. The van der Waals surface area contributed by atoms with Crippen LogP contribution in [0.1, 0.15) is 172 Å². The summed E-state index contributed by atoms with van der Waals surface area (Å²) in [5.74, 6) is -0.00708. The Balaban J connectivity index is 0.000000251. The van der Waals surface area contributed by atoms with Crippen LogP contribution in [0.5, 0.6) is 17.2 Å². The molecule has 9 aromatic rings. The molecule has 110 heavy (non-hydrogen) atoms. The molecule has 9 rings (SSSR count). The summed E-state index contributed by atoms with van der Waals surface area (Å²) in [7, 11) is 0. The molecule has 0 bridgehead atoms. The SMILES string of the molecule is CCCC(=O)Cl.[C-]#[N+]c1ccc(N[C@@H](c2nnc(-c3ccc(O)c(Cl)c3)o2)[C@H](C)O)c(C)c1Cl.[C-]#[N+]c1ccc(N[C@@H](c2nnc(-c3ccc(OC(=O)CCC)c(Cl)c3)o2)[C@H](C)OC(=O)CCC)c(C)c1Cl.[C-]#[N+]c1ccc(N[C@@H](c2nnc(-c3ccc(OC(=O)CCC)c(Cl)c3)o2)[C@H](C)OC(=O)CCC)c(C)c1Cl. The van der Waals surface area contributed by atoms with Crippen molar-refractivity contribution in [3.8, 4) is 51.6 Å². The Hall–Kier alpha value is -10.1. The number of nitrogens with one attached hydrogen (secondary N) is 3. The van der Waals surface area contributed by atoms with Gasteiger partial charge in [0.2, 0.25) is 57.6 Å². The zero-order valence-corrected chi connectivity index (χ0v) is 67.0. The average Bonchev–Trinajstić information content (AvgIpc) is 1.53. The number of rotatable bonds is 29. The van der Waals surface area contributed by atoms with E-state index in [-0.39, 0.29) is 122 Å². The van der Waals surface area contributed by atoms with E-state index in [4.69, 9.17) is 133 Å². The van der Waals surface area contributed by atoms with Crippen LogP contribution in [0.3, 0.4) is 0 Å². The minimum Gasteiger partial charge on any atom is -0.506 e. The fourth-order valence-corrected chi connectivity index (χ4v) is 11.4. The van der Waals surface area contributed by atoms with Crippen molar-refractivity contribution in [3.05, 3.63) is 190 Å². The number of aliphatic hydroxyl groups excluding tert-OH is 1. The average molecular weight is 1640 g/mol. The number of halogens is 7. The zero-order valence-electron chi connectivity index (χ0n) is 61.7. The normalized spacial score (nSPS) is 12.3. The number of hydrogen-bond donors (Lipinski definition) is 5. The predicted molar refractivity (Wildman–Crippen MR) is 422 cm³/mol. The first-order chi connectivity index (χ1) is 52.4. The number of phenolic OH excluding ortho intramolecular Hbond substituents is 1. The molecule has 0 amide bonds. The molecule has 0 aliphatic heterocycles. The number of nitrogens with zero attached hydrogens (tertiary/aromatic N) is 9. The lowest BCUT2D eigenvalue weighted by Crippen LogP contribution is -2.28. The lowest BCUT2D eigenvalue weighted by molar-refractivity contribution is -0.150. The molecule has 5 N–H and O–H groups in total. The van der Waals surface area contributed by atoms with Gasteiger partial charge in [-0.1, -0.05) is 122 Å². The fraction of sp³-hybridized carbons (Fsp3) is 0.351. The molecule has 3 aromatic heterocycles. The molecule has 0 aliphatic carbocycles. The van der Waals surface area contributed by atoms with Gasteiger partial charge < -0.3 is 58.4 Å². The molecule has 0 radical (unpaired) electrons. The van der Waals surface area contributed by atoms with Crippen molar-refractivity contribution in [2.45, 2.75) is 177 Å². The Morgan fingerprint density at radius 2 is 0.755 bits per heavy atom. The molecule has 0 spiro atoms. The summed E-state index contributed by atoms with van der Waals surface area (Å²) in [5, 5.41) is 55.5. The summed E-state index contributed by atoms with van der Waals surface area (Å²) in [6.07, 6.45) is 2.82. The zero-order chi connectivity index (χ0) is 81.1. The van der Waals surface area contributed by atoms with Crippen molar-refractivity contribution in [2.75, 3.05) is 16.0 Å². The molecular weight excluding hydrogens is 1570 g/mol. The van der Waals surface area contributed by atoms with Gasteiger partial charge in [0, 0.05) is 65.9 Å². The van der Waals surface area contributed by atoms with Crippen molar-refractivity contribution in [1.29, 1.82) is 0 Å². The van der Waals surface area contributed by atoms with Crippen molar-refractivity contribution in [2.24, 2.45) is 0 Å². The summed E-state index contributed by atoms with van der Waals surface area (Å²) in [4.78, 5) is 68.1. The summed E-state index contributed by atoms with van der Waals surface area (Å²) >= 11 is 42.4. The van der Waals surface area contributed by atoms with E-state index in [9.17, 15) is 34.2 Å². The second kappa shape index (κ2) is 43.4. The maximum Gasteiger partial charge on any atom is 0.311 e. The number of carbonyl (C=O) groups excluding carboxylic acids is 5. The number of ether oxygens (including phenoxy) is 4. The van der Waals surface area contributed by atoms with E-state index >= 15 is 0 Å². The van der Waals surface area contributed by atoms with Crippen molar-refractivity contribution >= 4 is 144 Å². The van der Waals surface area contributed by atoms with Crippen LogP contribution in [-0.4, -0.2) is 88.2 Å². The van der Waals surface area contributed by atoms with Crippen LogP contribution in [0.2, 0.25) is 30.1 Å². The number of aromatic hydroxyl groups is 1. The quantitative estimate of drug-likeness (QED) is 0.0126. The van der Waals surface area contributed by atoms with Crippen molar-refractivity contribution in [1.82, 2.24) is 30.6 Å². The number of esters is 4. The smallest absolute Gasteiger partial charge is 0.311 e. The number of phenols is 1. The number of anilines is 3. The first-order valence-corrected chi connectivity index (χ1v) is 37.1. The topological polar surface area (TPSA) is 329 Å². The lowest BCUT2D eigenvalue weighted by atomic mass is 10.1. The molecule has 0 fully saturated rings. The van der Waals surface area contributed by atoms with E-state index in [1.54, 1.807) is 120 Å². The highest BCUT2D eigenvalue weighted by Crippen LogP contribution is 2.41. The Labute approximate surface area is 671 Å². The fourth-order valence-electron chi connectivity index (χ4n) is 9.92. The van der Waals surface area contributed by atoms with Crippen LogP contribution in [0, 0.1) is 40.5 Å². The lowest BCUT2D eigenvalue weighted by Gasteiger charge is -2.24. The number of benzene rings is 6. The molecule has 0 aliphatic rings. The summed E-state index contributed by atoms with van der Waals surface area (Å²) < 4.78 is 39.5. The van der Waals surface area contributed by atoms with Gasteiger partial charge in [0.15, 0.2) is 0 Å². The number of hydrogen-bond acceptors (Lipinski definition) is 23. The van der Waals surface area contributed by atoms with Crippen LogP contribution in [0.15, 0.2) is 104 Å². The summed E-state index contributed by atoms with van der Waals surface area (Å²) in [6.45, 7) is 41.5. The molecular formula is C77H79Cl7N12O14. The van der Waals surface area contributed by atoms with E-state index < -0.39 is 36.4 Å². The molecule has 6 aromatic carbocycles. The van der Waals surface area contributed by atoms with Crippen molar-refractivity contribution < 1.29 is 66.4 Å². The van der Waals surface area contributed by atoms with Gasteiger partial charge >= 0.3 is 23.9 Å². The standard InChI is InChI=1S/2C27H28Cl2N4O5.C19H16Cl2N4O3.C4H7ClO/c2*1-6-8-22(34)36-16(4)25(31-19-11-12-20(30-5)24(29)15(19)3)27-33-32-26(38-27)17-10-13-21(18(28)14-17)37-23(35)9-7-2;1-9-13(5-6-14(22-3)16(9)21)23-17(10(2)26)19-25-24-18(28-19)11-4-7-15(27)12(20)8-11;1-2-3-4(5)6/h2*10-14,16,25,31H,6-9H2,1-4H3;4-8,10,17,23,26-27H,1-2H3;2-3H2,1H3/t2*16-,25+;10-,17+;/m000./s1. The first kappa shape index (κ1) is 88.8. The largest absolute Gasteiger partial charge is 0.506 e. The van der Waals surface area contributed by atoms with Gasteiger partial charge in [0.1, 0.15) is 47.6 Å². The van der Waals surface area contributed by atoms with Crippen LogP contribution in [0.25, 0.3) is 48.9 Å². The van der Waals surface area contributed by atoms with Gasteiger partial charge in [0.05, 0.1) is 56.0 Å². The molecule has 26 nitrogen and oxygen atoms in total. The minimum atomic E-state index is -0.865. The van der Waals surface area contributed by atoms with Crippen LogP contribution in [0.4, 0.5) is 34.1 Å². The molecule has 0 saturated carbocycles. The van der Waals surface area contributed by atoms with Gasteiger partial charge in [-0.05, 0) is 175 Å². The maximum atomic E-state index is 12.2. The Kier molecular flexibility index (Phi) is 35.0. The minimum absolute atomic E-state index is 0.0520. The van der Waals surface area contributed by atoms with E-state index in [1.807, 2.05) is 34.6 Å². The second-order valence-electron chi connectivity index (χ2n) is 24.4. The number of aliphatic hydroxyl groups is 1.